The highest BCUT2D eigenvalue weighted by atomic mass is 19.1. The van der Waals surface area contributed by atoms with E-state index < -0.39 is 11.9 Å². The second kappa shape index (κ2) is 6.19. The fraction of sp³-hybridized carbons (Fsp3) is 0.556. The molecule has 0 aliphatic carbocycles. The lowest BCUT2D eigenvalue weighted by Gasteiger charge is -2.12. The number of aliphatic hydroxyl groups is 1. The standard InChI is InChI=1S/C9H15FN4O2/c1-11-9-13-4-7(10)8(14-9)12-3-6(15)5-16-2/h4,6,15H,3,5H2,1-2H3,(H2,11,12,13,14). The molecule has 0 bridgehead atoms. The number of hydrogen-bond donors (Lipinski definition) is 3. The lowest BCUT2D eigenvalue weighted by Crippen LogP contribution is -2.25. The number of nitrogens with one attached hydrogen (secondary N) is 2. The van der Waals surface area contributed by atoms with Gasteiger partial charge in [0.05, 0.1) is 18.9 Å². The van der Waals surface area contributed by atoms with E-state index >= 15 is 0 Å². The van der Waals surface area contributed by atoms with E-state index in [-0.39, 0.29) is 19.0 Å². The van der Waals surface area contributed by atoms with Gasteiger partial charge >= 0.3 is 0 Å². The van der Waals surface area contributed by atoms with E-state index in [1.165, 1.54) is 7.11 Å². The zero-order chi connectivity index (χ0) is 12.0. The van der Waals surface area contributed by atoms with Gasteiger partial charge in [-0.05, 0) is 0 Å². The van der Waals surface area contributed by atoms with Gasteiger partial charge in [0.15, 0.2) is 11.6 Å². The quantitative estimate of drug-likeness (QED) is 0.642. The van der Waals surface area contributed by atoms with E-state index in [1.54, 1.807) is 7.05 Å². The largest absolute Gasteiger partial charge is 0.389 e. The Balaban J connectivity index is 2.58. The van der Waals surface area contributed by atoms with Crippen molar-refractivity contribution in [2.75, 3.05) is 37.9 Å². The number of anilines is 2. The van der Waals surface area contributed by atoms with Crippen molar-refractivity contribution in [3.63, 3.8) is 0 Å². The number of aromatic nitrogens is 2. The molecule has 90 valence electrons. The second-order valence-electron chi connectivity index (χ2n) is 3.13. The van der Waals surface area contributed by atoms with Crippen LogP contribution in [0.1, 0.15) is 0 Å². The Labute approximate surface area is 92.9 Å². The zero-order valence-electron chi connectivity index (χ0n) is 9.20. The molecule has 1 unspecified atom stereocenters. The Hall–Kier alpha value is -1.47. The molecular formula is C9H15FN4O2. The minimum Gasteiger partial charge on any atom is -0.389 e. The minimum absolute atomic E-state index is 0.0505. The Kier molecular flexibility index (Phi) is 4.87. The molecule has 1 aromatic rings. The normalized spacial score (nSPS) is 12.2. The molecular weight excluding hydrogens is 215 g/mol. The molecule has 0 aliphatic rings. The minimum atomic E-state index is -0.711. The lowest BCUT2D eigenvalue weighted by molar-refractivity contribution is 0.0726. The molecule has 0 radical (unpaired) electrons. The molecule has 1 aromatic heterocycles. The summed E-state index contributed by atoms with van der Waals surface area (Å²) < 4.78 is 18.0. The Morgan fingerprint density at radius 3 is 3.00 bits per heavy atom. The first kappa shape index (κ1) is 12.6. The van der Waals surface area contributed by atoms with Crippen LogP contribution in [0, 0.1) is 5.82 Å². The number of hydrogen-bond acceptors (Lipinski definition) is 6. The summed E-state index contributed by atoms with van der Waals surface area (Å²) in [5.41, 5.74) is 0. The first-order chi connectivity index (χ1) is 7.67. The lowest BCUT2D eigenvalue weighted by atomic mass is 10.3. The molecule has 16 heavy (non-hydrogen) atoms. The fourth-order valence-electron chi connectivity index (χ4n) is 1.08. The monoisotopic (exact) mass is 230 g/mol. The molecule has 7 heteroatoms. The summed E-state index contributed by atoms with van der Waals surface area (Å²) in [6, 6.07) is 0. The van der Waals surface area contributed by atoms with E-state index in [0.29, 0.717) is 5.95 Å². The van der Waals surface area contributed by atoms with E-state index in [2.05, 4.69) is 20.6 Å². The number of nitrogens with zero attached hydrogens (tertiary/aromatic N) is 2. The smallest absolute Gasteiger partial charge is 0.224 e. The predicted octanol–water partition coefficient (Wildman–Crippen LogP) is 0.0766. The van der Waals surface area contributed by atoms with Crippen LogP contribution < -0.4 is 10.6 Å². The molecule has 1 heterocycles. The van der Waals surface area contributed by atoms with Crippen LogP contribution in [0.25, 0.3) is 0 Å². The zero-order valence-corrected chi connectivity index (χ0v) is 9.20. The molecule has 0 fully saturated rings. The summed E-state index contributed by atoms with van der Waals surface area (Å²) in [5.74, 6) is -0.205. The number of halogens is 1. The van der Waals surface area contributed by atoms with Crippen molar-refractivity contribution in [1.82, 2.24) is 9.97 Å². The molecule has 1 rings (SSSR count). The van der Waals surface area contributed by atoms with Gasteiger partial charge in [-0.15, -0.1) is 0 Å². The first-order valence-electron chi connectivity index (χ1n) is 4.78. The van der Waals surface area contributed by atoms with Crippen molar-refractivity contribution in [2.45, 2.75) is 6.10 Å². The average molecular weight is 230 g/mol. The number of methoxy groups -OCH3 is 1. The van der Waals surface area contributed by atoms with Gasteiger partial charge in [-0.1, -0.05) is 0 Å². The van der Waals surface area contributed by atoms with Crippen LogP contribution in [0.4, 0.5) is 16.2 Å². The maximum Gasteiger partial charge on any atom is 0.224 e. The van der Waals surface area contributed by atoms with Crippen molar-refractivity contribution in [3.05, 3.63) is 12.0 Å². The first-order valence-corrected chi connectivity index (χ1v) is 4.78. The number of aliphatic hydroxyl groups excluding tert-OH is 1. The molecule has 3 N–H and O–H groups in total. The van der Waals surface area contributed by atoms with Gasteiger partial charge in [-0.2, -0.15) is 4.98 Å². The van der Waals surface area contributed by atoms with Crippen LogP contribution in [0.2, 0.25) is 0 Å². The van der Waals surface area contributed by atoms with Gasteiger partial charge < -0.3 is 20.5 Å². The van der Waals surface area contributed by atoms with Gasteiger partial charge in [0.25, 0.3) is 0 Å². The van der Waals surface area contributed by atoms with E-state index in [0.717, 1.165) is 6.20 Å². The van der Waals surface area contributed by atoms with E-state index in [4.69, 9.17) is 4.74 Å². The topological polar surface area (TPSA) is 79.3 Å². The molecule has 0 aliphatic heterocycles. The molecule has 0 amide bonds. The van der Waals surface area contributed by atoms with Crippen LogP contribution >= 0.6 is 0 Å². The van der Waals surface area contributed by atoms with Gasteiger partial charge in [-0.25, -0.2) is 9.37 Å². The summed E-state index contributed by atoms with van der Waals surface area (Å²) in [5, 5.41) is 14.7. The Morgan fingerprint density at radius 1 is 1.62 bits per heavy atom. The van der Waals surface area contributed by atoms with Crippen LogP contribution in [0.3, 0.4) is 0 Å². The third kappa shape index (κ3) is 3.59. The Morgan fingerprint density at radius 2 is 2.38 bits per heavy atom. The van der Waals surface area contributed by atoms with Crippen molar-refractivity contribution in [3.8, 4) is 0 Å². The average Bonchev–Trinajstić information content (AvgIpc) is 2.28. The molecule has 0 saturated heterocycles. The third-order valence-corrected chi connectivity index (χ3v) is 1.83. The fourth-order valence-corrected chi connectivity index (χ4v) is 1.08. The maximum atomic E-state index is 13.2. The van der Waals surface area contributed by atoms with Crippen LogP contribution in [-0.2, 0) is 4.74 Å². The highest BCUT2D eigenvalue weighted by molar-refractivity contribution is 5.40. The van der Waals surface area contributed by atoms with E-state index in [1.807, 2.05) is 0 Å². The van der Waals surface area contributed by atoms with Crippen molar-refractivity contribution >= 4 is 11.8 Å². The highest BCUT2D eigenvalue weighted by Crippen LogP contribution is 2.11. The van der Waals surface area contributed by atoms with Gasteiger partial charge in [0.1, 0.15) is 0 Å². The van der Waals surface area contributed by atoms with Crippen LogP contribution in [-0.4, -0.2) is 48.5 Å². The summed E-state index contributed by atoms with van der Waals surface area (Å²) in [6.07, 6.45) is 0.349. The van der Waals surface area contributed by atoms with Gasteiger partial charge in [-0.3, -0.25) is 0 Å². The summed E-state index contributed by atoms with van der Waals surface area (Å²) in [6.45, 7) is 0.337. The molecule has 0 saturated carbocycles. The maximum absolute atomic E-state index is 13.2. The number of ether oxygens (including phenoxy) is 1. The second-order valence-corrected chi connectivity index (χ2v) is 3.13. The highest BCUT2D eigenvalue weighted by Gasteiger charge is 2.08. The van der Waals surface area contributed by atoms with Gasteiger partial charge in [0.2, 0.25) is 5.95 Å². The summed E-state index contributed by atoms with van der Waals surface area (Å²) in [7, 11) is 3.12. The SMILES string of the molecule is CNc1ncc(F)c(NCC(O)COC)n1. The van der Waals surface area contributed by atoms with Crippen molar-refractivity contribution in [1.29, 1.82) is 0 Å². The summed E-state index contributed by atoms with van der Waals surface area (Å²) >= 11 is 0. The molecule has 6 nitrogen and oxygen atoms in total. The third-order valence-electron chi connectivity index (χ3n) is 1.83. The Bertz CT molecular complexity index is 337. The van der Waals surface area contributed by atoms with Gasteiger partial charge in [0, 0.05) is 20.7 Å². The van der Waals surface area contributed by atoms with Crippen molar-refractivity contribution in [2.24, 2.45) is 0 Å². The van der Waals surface area contributed by atoms with E-state index in [9.17, 15) is 9.50 Å². The summed E-state index contributed by atoms with van der Waals surface area (Å²) in [4.78, 5) is 7.56. The molecule has 0 aromatic carbocycles. The molecule has 1 atom stereocenters. The van der Waals surface area contributed by atoms with Crippen LogP contribution in [0.5, 0.6) is 0 Å². The molecule has 0 spiro atoms. The number of rotatable bonds is 6. The van der Waals surface area contributed by atoms with Crippen molar-refractivity contribution < 1.29 is 14.2 Å². The predicted molar refractivity (Wildman–Crippen MR) is 57.9 cm³/mol. The van der Waals surface area contributed by atoms with Crippen LogP contribution in [0.15, 0.2) is 6.20 Å².